The van der Waals surface area contributed by atoms with Gasteiger partial charge in [-0.15, -0.1) is 0 Å². The zero-order valence-electron chi connectivity index (χ0n) is 20.3. The van der Waals surface area contributed by atoms with Crippen LogP contribution in [0.25, 0.3) is 6.08 Å². The van der Waals surface area contributed by atoms with Crippen LogP contribution in [-0.2, 0) is 15.0 Å². The number of likely N-dealkylation sites (tertiary alicyclic amines) is 1. The number of nitrogens with zero attached hydrogens (tertiary/aromatic N) is 1. The van der Waals surface area contributed by atoms with Crippen molar-refractivity contribution >= 4 is 18.0 Å². The molecule has 0 unspecified atom stereocenters. The summed E-state index contributed by atoms with van der Waals surface area (Å²) in [6.45, 7) is 0.636. The number of carbonyl (C=O) groups is 2. The van der Waals surface area contributed by atoms with E-state index in [1.54, 1.807) is 24.2 Å². The standard InChI is InChI=1S/C31H29NO4/c1-36-26-14-8-5-9-21(26)15-16-28(33)32-19-27-30(22-10-3-2-4-11-22)18-17-25(31(27,20-32)29(34)35)23-12-6-7-13-24(23)30/h2-16,25,27H,17-20H2,1H3,(H,34,35)/t25-,27+,30-,31+/m1/s1. The number of benzene rings is 3. The van der Waals surface area contributed by atoms with E-state index in [4.69, 9.17) is 4.74 Å². The van der Waals surface area contributed by atoms with Crippen molar-refractivity contribution in [2.24, 2.45) is 11.3 Å². The largest absolute Gasteiger partial charge is 0.496 e. The molecule has 1 heterocycles. The quantitative estimate of drug-likeness (QED) is 0.516. The summed E-state index contributed by atoms with van der Waals surface area (Å²) in [7, 11) is 1.60. The fraction of sp³-hybridized carbons (Fsp3) is 0.290. The summed E-state index contributed by atoms with van der Waals surface area (Å²) < 4.78 is 5.41. The third-order valence-corrected chi connectivity index (χ3v) is 8.88. The number of carbonyl (C=O) groups excluding carboxylic acids is 1. The summed E-state index contributed by atoms with van der Waals surface area (Å²) in [5.74, 6) is -0.589. The first kappa shape index (κ1) is 22.6. The Bertz CT molecular complexity index is 1370. The molecule has 5 nitrogen and oxygen atoms in total. The van der Waals surface area contributed by atoms with E-state index in [9.17, 15) is 14.7 Å². The Morgan fingerprint density at radius 3 is 2.50 bits per heavy atom. The predicted molar refractivity (Wildman–Crippen MR) is 138 cm³/mol. The van der Waals surface area contributed by atoms with Gasteiger partial charge in [0.1, 0.15) is 5.75 Å². The van der Waals surface area contributed by atoms with E-state index in [0.717, 1.165) is 29.5 Å². The molecule has 1 saturated heterocycles. The number of carboxylic acids is 1. The molecule has 1 saturated carbocycles. The van der Waals surface area contributed by atoms with Crippen LogP contribution in [0, 0.1) is 11.3 Å². The molecular formula is C31H29NO4. The maximum absolute atomic E-state index is 13.5. The molecule has 0 radical (unpaired) electrons. The number of amides is 1. The van der Waals surface area contributed by atoms with Crippen LogP contribution in [0.5, 0.6) is 5.75 Å². The molecule has 5 heteroatoms. The summed E-state index contributed by atoms with van der Waals surface area (Å²) in [5, 5.41) is 10.8. The zero-order chi connectivity index (χ0) is 24.9. The lowest BCUT2D eigenvalue weighted by molar-refractivity contribution is -0.157. The topological polar surface area (TPSA) is 66.8 Å². The van der Waals surface area contributed by atoms with Crippen molar-refractivity contribution in [2.45, 2.75) is 24.2 Å². The highest BCUT2D eigenvalue weighted by atomic mass is 16.5. The highest BCUT2D eigenvalue weighted by molar-refractivity contribution is 5.93. The van der Waals surface area contributed by atoms with Crippen LogP contribution in [0.1, 0.15) is 41.0 Å². The second-order valence-electron chi connectivity index (χ2n) is 10.2. The number of rotatable bonds is 5. The van der Waals surface area contributed by atoms with Gasteiger partial charge in [0.2, 0.25) is 5.91 Å². The molecule has 182 valence electrons. The molecule has 1 N–H and O–H groups in total. The zero-order valence-corrected chi connectivity index (χ0v) is 20.3. The molecule has 1 amide bonds. The van der Waals surface area contributed by atoms with E-state index in [2.05, 4.69) is 30.3 Å². The molecule has 1 aliphatic heterocycles. The third-order valence-electron chi connectivity index (χ3n) is 8.88. The number of carboxylic acid groups (broad SMARTS) is 1. The fourth-order valence-electron chi connectivity index (χ4n) is 7.43. The maximum Gasteiger partial charge on any atom is 0.312 e. The van der Waals surface area contributed by atoms with Crippen molar-refractivity contribution in [3.63, 3.8) is 0 Å². The molecule has 2 bridgehead atoms. The van der Waals surface area contributed by atoms with Crippen molar-refractivity contribution in [1.82, 2.24) is 4.90 Å². The highest BCUT2D eigenvalue weighted by Crippen LogP contribution is 2.68. The number of methoxy groups -OCH3 is 1. The molecule has 3 aromatic carbocycles. The third kappa shape index (κ3) is 3.01. The lowest BCUT2D eigenvalue weighted by Gasteiger charge is -2.59. The van der Waals surface area contributed by atoms with Crippen molar-refractivity contribution in [3.8, 4) is 5.75 Å². The normalized spacial score (nSPS) is 28.1. The summed E-state index contributed by atoms with van der Waals surface area (Å²) >= 11 is 0. The molecule has 36 heavy (non-hydrogen) atoms. The monoisotopic (exact) mass is 479 g/mol. The van der Waals surface area contributed by atoms with E-state index < -0.39 is 16.8 Å². The summed E-state index contributed by atoms with van der Waals surface area (Å²) in [4.78, 5) is 28.4. The summed E-state index contributed by atoms with van der Waals surface area (Å²) in [6.07, 6.45) is 4.99. The summed E-state index contributed by atoms with van der Waals surface area (Å²) in [5.41, 5.74) is 2.86. The van der Waals surface area contributed by atoms with Gasteiger partial charge in [-0.2, -0.15) is 0 Å². The van der Waals surface area contributed by atoms with Gasteiger partial charge in [-0.05, 0) is 41.7 Å². The average molecular weight is 480 g/mol. The highest BCUT2D eigenvalue weighted by Gasteiger charge is 2.70. The van der Waals surface area contributed by atoms with Gasteiger partial charge < -0.3 is 14.7 Å². The van der Waals surface area contributed by atoms with Crippen LogP contribution in [0.2, 0.25) is 0 Å². The molecule has 3 aliphatic carbocycles. The van der Waals surface area contributed by atoms with Gasteiger partial charge in [-0.3, -0.25) is 9.59 Å². The van der Waals surface area contributed by atoms with Crippen molar-refractivity contribution in [1.29, 1.82) is 0 Å². The second-order valence-corrected chi connectivity index (χ2v) is 10.2. The van der Waals surface area contributed by atoms with Crippen LogP contribution in [0.3, 0.4) is 0 Å². The molecule has 0 spiro atoms. The first-order valence-corrected chi connectivity index (χ1v) is 12.5. The first-order chi connectivity index (χ1) is 17.5. The van der Waals surface area contributed by atoms with Crippen molar-refractivity contribution in [2.75, 3.05) is 20.2 Å². The van der Waals surface area contributed by atoms with Gasteiger partial charge in [0.25, 0.3) is 0 Å². The maximum atomic E-state index is 13.5. The first-order valence-electron chi connectivity index (χ1n) is 12.5. The Morgan fingerprint density at radius 1 is 1.00 bits per heavy atom. The van der Waals surface area contributed by atoms with Gasteiger partial charge >= 0.3 is 5.97 Å². The molecular weight excluding hydrogens is 450 g/mol. The minimum absolute atomic E-state index is 0.113. The Hall–Kier alpha value is -3.86. The Kier molecular flexibility index (Phi) is 5.25. The van der Waals surface area contributed by atoms with E-state index >= 15 is 0 Å². The van der Waals surface area contributed by atoms with Gasteiger partial charge in [0.05, 0.1) is 12.5 Å². The van der Waals surface area contributed by atoms with Gasteiger partial charge in [0, 0.05) is 42.0 Å². The minimum atomic E-state index is -1.02. The van der Waals surface area contributed by atoms with Crippen LogP contribution in [0.15, 0.2) is 84.9 Å². The lowest BCUT2D eigenvalue weighted by atomic mass is 9.42. The Morgan fingerprint density at radius 2 is 1.72 bits per heavy atom. The molecule has 7 rings (SSSR count). The van der Waals surface area contributed by atoms with Crippen LogP contribution >= 0.6 is 0 Å². The van der Waals surface area contributed by atoms with Gasteiger partial charge in [-0.1, -0.05) is 72.8 Å². The molecule has 4 atom stereocenters. The molecule has 0 aromatic heterocycles. The van der Waals surface area contributed by atoms with Crippen LogP contribution in [0.4, 0.5) is 0 Å². The minimum Gasteiger partial charge on any atom is -0.496 e. The van der Waals surface area contributed by atoms with Crippen molar-refractivity contribution in [3.05, 3.63) is 107 Å². The fourth-order valence-corrected chi connectivity index (χ4v) is 7.43. The molecule has 2 fully saturated rings. The van der Waals surface area contributed by atoms with Crippen LogP contribution < -0.4 is 4.74 Å². The van der Waals surface area contributed by atoms with E-state index in [-0.39, 0.29) is 24.3 Å². The number of ether oxygens (including phenoxy) is 1. The number of para-hydroxylation sites is 1. The lowest BCUT2D eigenvalue weighted by Crippen LogP contribution is -2.60. The molecule has 3 aromatic rings. The van der Waals surface area contributed by atoms with E-state index in [1.807, 2.05) is 48.5 Å². The second kappa shape index (κ2) is 8.37. The number of hydrogen-bond donors (Lipinski definition) is 1. The molecule has 4 aliphatic rings. The Labute approximate surface area is 211 Å². The SMILES string of the molecule is COc1ccccc1C=CC(=O)N1C[C@H]2[C@@]3(c4ccccc4)CC[C@H](c4ccccc43)[C@@]2(C(=O)O)C1. The average Bonchev–Trinajstić information content (AvgIpc) is 3.37. The smallest absolute Gasteiger partial charge is 0.312 e. The number of fused-ring (bicyclic) bond motifs is 1. The van der Waals surface area contributed by atoms with Gasteiger partial charge in [0.15, 0.2) is 0 Å². The van der Waals surface area contributed by atoms with E-state index in [1.165, 1.54) is 5.56 Å². The summed E-state index contributed by atoms with van der Waals surface area (Å²) in [6, 6.07) is 26.2. The van der Waals surface area contributed by atoms with Gasteiger partial charge in [-0.25, -0.2) is 0 Å². The van der Waals surface area contributed by atoms with Crippen LogP contribution in [-0.4, -0.2) is 42.1 Å². The van der Waals surface area contributed by atoms with Crippen molar-refractivity contribution < 1.29 is 19.4 Å². The Balaban J connectivity index is 1.44. The predicted octanol–water partition coefficient (Wildman–Crippen LogP) is 5.12. The number of hydrogen-bond acceptors (Lipinski definition) is 3. The van der Waals surface area contributed by atoms with E-state index in [0.29, 0.717) is 12.3 Å². The number of aliphatic carboxylic acids is 1.